The summed E-state index contributed by atoms with van der Waals surface area (Å²) < 4.78 is 1.98. The summed E-state index contributed by atoms with van der Waals surface area (Å²) in [6, 6.07) is 15.7. The van der Waals surface area contributed by atoms with Gasteiger partial charge in [0.2, 0.25) is 5.96 Å². The molecule has 0 atom stereocenters. The molecule has 1 heterocycles. The summed E-state index contributed by atoms with van der Waals surface area (Å²) in [7, 11) is 3.90. The molecule has 0 unspecified atom stereocenters. The Bertz CT molecular complexity index is 1160. The standard InChI is InChI=1S/C27H36N6O/c1-8-33-20(5)25(19(4)31-33)17-28-27(29-23-14-12-21(13-15-23)18(2)3)30-26(34)22-10-9-11-24(16-22)32(6)7/h9-16,18H,8,17H2,1-7H3,(H2,28,29,30,34). The number of nitrogens with one attached hydrogen (secondary N) is 2. The highest BCUT2D eigenvalue weighted by atomic mass is 16.1. The second-order valence-electron chi connectivity index (χ2n) is 8.93. The molecular formula is C27H36N6O. The molecule has 2 N–H and O–H groups in total. The van der Waals surface area contributed by atoms with E-state index in [0.717, 1.165) is 34.9 Å². The van der Waals surface area contributed by atoms with Gasteiger partial charge in [0.05, 0.1) is 12.2 Å². The molecule has 0 saturated carbocycles. The van der Waals surface area contributed by atoms with Gasteiger partial charge in [-0.05, 0) is 62.6 Å². The Labute approximate surface area is 202 Å². The number of aromatic nitrogens is 2. The molecular weight excluding hydrogens is 424 g/mol. The smallest absolute Gasteiger partial charge is 0.258 e. The predicted octanol–water partition coefficient (Wildman–Crippen LogP) is 5.11. The summed E-state index contributed by atoms with van der Waals surface area (Å²) in [4.78, 5) is 19.8. The third kappa shape index (κ3) is 6.04. The highest BCUT2D eigenvalue weighted by Gasteiger charge is 2.14. The van der Waals surface area contributed by atoms with Crippen LogP contribution in [0.15, 0.2) is 53.5 Å². The van der Waals surface area contributed by atoms with Gasteiger partial charge < -0.3 is 10.2 Å². The van der Waals surface area contributed by atoms with Crippen molar-refractivity contribution in [2.75, 3.05) is 24.3 Å². The molecule has 1 amide bonds. The zero-order chi connectivity index (χ0) is 24.8. The van der Waals surface area contributed by atoms with Gasteiger partial charge in [0.15, 0.2) is 0 Å². The van der Waals surface area contributed by atoms with Crippen LogP contribution in [0.3, 0.4) is 0 Å². The van der Waals surface area contributed by atoms with Crippen molar-refractivity contribution in [2.45, 2.75) is 53.6 Å². The van der Waals surface area contributed by atoms with Gasteiger partial charge in [0.25, 0.3) is 5.91 Å². The van der Waals surface area contributed by atoms with Crippen molar-refractivity contribution in [2.24, 2.45) is 4.99 Å². The molecule has 3 aromatic rings. The largest absolute Gasteiger partial charge is 0.378 e. The second-order valence-corrected chi connectivity index (χ2v) is 8.93. The van der Waals surface area contributed by atoms with Crippen molar-refractivity contribution in [1.82, 2.24) is 15.1 Å². The molecule has 180 valence electrons. The third-order valence-electron chi connectivity index (χ3n) is 5.92. The normalized spacial score (nSPS) is 11.6. The van der Waals surface area contributed by atoms with Crippen LogP contribution in [0, 0.1) is 13.8 Å². The number of hydrogen-bond acceptors (Lipinski definition) is 4. The molecule has 3 rings (SSSR count). The Hall–Kier alpha value is -3.61. The van der Waals surface area contributed by atoms with Crippen LogP contribution >= 0.6 is 0 Å². The SMILES string of the molecule is CCn1nc(C)c(CN=C(NC(=O)c2cccc(N(C)C)c2)Nc2ccc(C(C)C)cc2)c1C. The van der Waals surface area contributed by atoms with Gasteiger partial charge >= 0.3 is 0 Å². The van der Waals surface area contributed by atoms with E-state index in [2.05, 4.69) is 55.6 Å². The molecule has 0 aliphatic carbocycles. The van der Waals surface area contributed by atoms with Crippen LogP contribution < -0.4 is 15.5 Å². The number of carbonyl (C=O) groups excluding carboxylic acids is 1. The summed E-state index contributed by atoms with van der Waals surface area (Å²) >= 11 is 0. The summed E-state index contributed by atoms with van der Waals surface area (Å²) in [5.74, 6) is 0.638. The molecule has 1 aromatic heterocycles. The maximum absolute atomic E-state index is 13.1. The molecule has 0 aliphatic rings. The van der Waals surface area contributed by atoms with Crippen LogP contribution in [0.1, 0.15) is 59.6 Å². The fraction of sp³-hybridized carbons (Fsp3) is 0.370. The Morgan fingerprint density at radius 1 is 1.12 bits per heavy atom. The predicted molar refractivity (Wildman–Crippen MR) is 141 cm³/mol. The van der Waals surface area contributed by atoms with E-state index in [1.165, 1.54) is 5.56 Å². The van der Waals surface area contributed by atoms with E-state index < -0.39 is 0 Å². The number of aliphatic imine (C=N–C) groups is 1. The number of aryl methyl sites for hydroxylation is 2. The van der Waals surface area contributed by atoms with Crippen LogP contribution in [-0.4, -0.2) is 35.7 Å². The first-order valence-electron chi connectivity index (χ1n) is 11.7. The maximum atomic E-state index is 13.1. The van der Waals surface area contributed by atoms with E-state index in [0.29, 0.717) is 24.0 Å². The van der Waals surface area contributed by atoms with E-state index >= 15 is 0 Å². The first-order chi connectivity index (χ1) is 16.2. The molecule has 0 saturated heterocycles. The van der Waals surface area contributed by atoms with Crippen LogP contribution in [0.2, 0.25) is 0 Å². The van der Waals surface area contributed by atoms with Gasteiger partial charge in [-0.15, -0.1) is 0 Å². The van der Waals surface area contributed by atoms with Crippen LogP contribution in [-0.2, 0) is 13.1 Å². The molecule has 0 aliphatic heterocycles. The van der Waals surface area contributed by atoms with E-state index in [4.69, 9.17) is 4.99 Å². The molecule has 0 fully saturated rings. The molecule has 34 heavy (non-hydrogen) atoms. The first-order valence-corrected chi connectivity index (χ1v) is 11.7. The minimum absolute atomic E-state index is 0.216. The number of hydrogen-bond donors (Lipinski definition) is 2. The fourth-order valence-electron chi connectivity index (χ4n) is 3.73. The molecule has 2 aromatic carbocycles. The number of rotatable bonds is 7. The number of carbonyl (C=O) groups is 1. The molecule has 7 nitrogen and oxygen atoms in total. The van der Waals surface area contributed by atoms with Crippen LogP contribution in [0.4, 0.5) is 11.4 Å². The highest BCUT2D eigenvalue weighted by molar-refractivity contribution is 6.10. The van der Waals surface area contributed by atoms with Crippen molar-refractivity contribution < 1.29 is 4.79 Å². The average Bonchev–Trinajstić information content (AvgIpc) is 3.10. The Morgan fingerprint density at radius 2 is 1.82 bits per heavy atom. The second kappa shape index (κ2) is 11.0. The molecule has 0 bridgehead atoms. The van der Waals surface area contributed by atoms with E-state index in [1.54, 1.807) is 6.07 Å². The van der Waals surface area contributed by atoms with Gasteiger partial charge in [0.1, 0.15) is 0 Å². The topological polar surface area (TPSA) is 74.5 Å². The number of guanidine groups is 1. The summed E-state index contributed by atoms with van der Waals surface area (Å²) in [6.07, 6.45) is 0. The lowest BCUT2D eigenvalue weighted by atomic mass is 10.0. The lowest BCUT2D eigenvalue weighted by Gasteiger charge is -2.15. The summed E-state index contributed by atoms with van der Waals surface area (Å²) in [5.41, 5.74) is 6.77. The number of amides is 1. The van der Waals surface area contributed by atoms with Gasteiger partial charge in [-0.25, -0.2) is 4.99 Å². The quantitative estimate of drug-likeness (QED) is 0.380. The van der Waals surface area contributed by atoms with Crippen LogP contribution in [0.25, 0.3) is 0 Å². The third-order valence-corrected chi connectivity index (χ3v) is 5.92. The Kier molecular flexibility index (Phi) is 8.10. The summed E-state index contributed by atoms with van der Waals surface area (Å²) in [6.45, 7) is 11.7. The minimum atomic E-state index is -0.216. The monoisotopic (exact) mass is 460 g/mol. The number of nitrogens with zero attached hydrogens (tertiary/aromatic N) is 4. The molecule has 0 radical (unpaired) electrons. The first kappa shape index (κ1) is 25.0. The van der Waals surface area contributed by atoms with Crippen molar-refractivity contribution in [3.8, 4) is 0 Å². The minimum Gasteiger partial charge on any atom is -0.378 e. The van der Waals surface area contributed by atoms with E-state index in [1.807, 2.05) is 60.9 Å². The van der Waals surface area contributed by atoms with Crippen LogP contribution in [0.5, 0.6) is 0 Å². The maximum Gasteiger partial charge on any atom is 0.258 e. The number of benzene rings is 2. The van der Waals surface area contributed by atoms with Crippen molar-refractivity contribution in [3.05, 3.63) is 76.6 Å². The van der Waals surface area contributed by atoms with Gasteiger partial charge in [-0.1, -0.05) is 32.0 Å². The van der Waals surface area contributed by atoms with E-state index in [9.17, 15) is 4.79 Å². The van der Waals surface area contributed by atoms with Crippen molar-refractivity contribution in [3.63, 3.8) is 0 Å². The highest BCUT2D eigenvalue weighted by Crippen LogP contribution is 2.18. The number of anilines is 2. The zero-order valence-corrected chi connectivity index (χ0v) is 21.3. The van der Waals surface area contributed by atoms with Crippen molar-refractivity contribution >= 4 is 23.2 Å². The average molecular weight is 461 g/mol. The lowest BCUT2D eigenvalue weighted by molar-refractivity contribution is 0.0977. The molecule has 0 spiro atoms. The summed E-state index contributed by atoms with van der Waals surface area (Å²) in [5, 5.41) is 10.8. The van der Waals surface area contributed by atoms with Gasteiger partial charge in [-0.2, -0.15) is 5.10 Å². The lowest BCUT2D eigenvalue weighted by Crippen LogP contribution is -2.36. The fourth-order valence-corrected chi connectivity index (χ4v) is 3.73. The van der Waals surface area contributed by atoms with E-state index in [-0.39, 0.29) is 5.91 Å². The Balaban J connectivity index is 1.88. The zero-order valence-electron chi connectivity index (χ0n) is 21.3. The van der Waals surface area contributed by atoms with Gasteiger partial charge in [0, 0.05) is 48.8 Å². The van der Waals surface area contributed by atoms with Crippen molar-refractivity contribution in [1.29, 1.82) is 0 Å². The molecule has 7 heteroatoms. The Morgan fingerprint density at radius 3 is 2.41 bits per heavy atom. The van der Waals surface area contributed by atoms with Gasteiger partial charge in [-0.3, -0.25) is 14.8 Å².